The third kappa shape index (κ3) is 2.10. The van der Waals surface area contributed by atoms with Crippen molar-refractivity contribution in [1.82, 2.24) is 10.2 Å². The van der Waals surface area contributed by atoms with Gasteiger partial charge in [-0.25, -0.2) is 0 Å². The van der Waals surface area contributed by atoms with Crippen molar-refractivity contribution in [1.29, 1.82) is 0 Å². The van der Waals surface area contributed by atoms with Gasteiger partial charge in [0.15, 0.2) is 0 Å². The summed E-state index contributed by atoms with van der Waals surface area (Å²) < 4.78 is 0. The first kappa shape index (κ1) is 13.3. The van der Waals surface area contributed by atoms with Crippen molar-refractivity contribution in [3.63, 3.8) is 0 Å². The fourth-order valence-corrected chi connectivity index (χ4v) is 4.65. The minimum absolute atomic E-state index is 0.0927. The molecule has 0 unspecified atom stereocenters. The standard InChI is InChI=1S/C18H24N2O/c21-17(18-9-4-3-7-16(18)11-19-13-18)20-10-8-14-5-1-2-6-15(14)12-20/h1-2,5-6,16,19H,3-4,7-13H2/t16-,18+/m0/s1. The molecule has 3 heteroatoms. The number of rotatable bonds is 1. The van der Waals surface area contributed by atoms with Gasteiger partial charge in [-0.3, -0.25) is 4.79 Å². The summed E-state index contributed by atoms with van der Waals surface area (Å²) in [5, 5.41) is 3.50. The SMILES string of the molecule is O=C(N1CCc2ccccc2C1)[C@@]12CCCC[C@H]1CNC2. The summed E-state index contributed by atoms with van der Waals surface area (Å²) in [4.78, 5) is 15.4. The molecule has 1 saturated carbocycles. The molecule has 2 atom stereocenters. The number of carbonyl (C=O) groups is 1. The molecule has 0 aromatic heterocycles. The number of hydrogen-bond acceptors (Lipinski definition) is 2. The predicted octanol–water partition coefficient (Wildman–Crippen LogP) is 2.35. The number of amides is 1. The summed E-state index contributed by atoms with van der Waals surface area (Å²) in [5.41, 5.74) is 2.67. The van der Waals surface area contributed by atoms with Gasteiger partial charge in [-0.2, -0.15) is 0 Å². The van der Waals surface area contributed by atoms with E-state index in [1.54, 1.807) is 0 Å². The fourth-order valence-electron chi connectivity index (χ4n) is 4.65. The lowest BCUT2D eigenvalue weighted by Crippen LogP contribution is -2.50. The average Bonchev–Trinajstić information content (AvgIpc) is 2.99. The molecule has 1 aromatic carbocycles. The third-order valence-electron chi connectivity index (χ3n) is 5.88. The van der Waals surface area contributed by atoms with E-state index in [2.05, 4.69) is 34.5 Å². The summed E-state index contributed by atoms with van der Waals surface area (Å²) in [6.07, 6.45) is 5.83. The molecule has 1 saturated heterocycles. The molecule has 0 radical (unpaired) electrons. The number of fused-ring (bicyclic) bond motifs is 2. The van der Waals surface area contributed by atoms with Crippen molar-refractivity contribution in [3.05, 3.63) is 35.4 Å². The second kappa shape index (κ2) is 5.13. The lowest BCUT2D eigenvalue weighted by atomic mass is 9.67. The molecule has 3 nitrogen and oxygen atoms in total. The molecular weight excluding hydrogens is 260 g/mol. The van der Waals surface area contributed by atoms with Crippen molar-refractivity contribution in [2.24, 2.45) is 11.3 Å². The second-order valence-corrected chi connectivity index (χ2v) is 6.98. The maximum Gasteiger partial charge on any atom is 0.230 e. The Morgan fingerprint density at radius 2 is 2.10 bits per heavy atom. The highest BCUT2D eigenvalue weighted by atomic mass is 16.2. The van der Waals surface area contributed by atoms with E-state index in [4.69, 9.17) is 0 Å². The molecule has 21 heavy (non-hydrogen) atoms. The Kier molecular flexibility index (Phi) is 3.26. The molecule has 112 valence electrons. The molecule has 3 aliphatic rings. The largest absolute Gasteiger partial charge is 0.337 e. The Labute approximate surface area is 126 Å². The molecule has 4 rings (SSSR count). The highest BCUT2D eigenvalue weighted by Gasteiger charge is 2.51. The van der Waals surface area contributed by atoms with Crippen LogP contribution >= 0.6 is 0 Å². The van der Waals surface area contributed by atoms with Crippen LogP contribution in [-0.4, -0.2) is 30.4 Å². The molecular formula is C18H24N2O. The van der Waals surface area contributed by atoms with E-state index in [0.29, 0.717) is 11.8 Å². The first-order chi connectivity index (χ1) is 10.3. The van der Waals surface area contributed by atoms with Crippen LogP contribution in [0.25, 0.3) is 0 Å². The Hall–Kier alpha value is -1.35. The number of benzene rings is 1. The maximum absolute atomic E-state index is 13.3. The van der Waals surface area contributed by atoms with Crippen LogP contribution in [0, 0.1) is 11.3 Å². The average molecular weight is 284 g/mol. The highest BCUT2D eigenvalue weighted by molar-refractivity contribution is 5.84. The fraction of sp³-hybridized carbons (Fsp3) is 0.611. The zero-order valence-corrected chi connectivity index (χ0v) is 12.6. The molecule has 2 fully saturated rings. The Balaban J connectivity index is 1.58. The number of nitrogens with one attached hydrogen (secondary N) is 1. The van der Waals surface area contributed by atoms with Crippen LogP contribution in [0.1, 0.15) is 36.8 Å². The van der Waals surface area contributed by atoms with E-state index in [0.717, 1.165) is 39.0 Å². The number of carbonyl (C=O) groups excluding carboxylic acids is 1. The van der Waals surface area contributed by atoms with E-state index in [1.165, 1.54) is 30.4 Å². The lowest BCUT2D eigenvalue weighted by molar-refractivity contribution is -0.146. The topological polar surface area (TPSA) is 32.3 Å². The van der Waals surface area contributed by atoms with Crippen molar-refractivity contribution < 1.29 is 4.79 Å². The molecule has 1 aromatic rings. The van der Waals surface area contributed by atoms with Crippen molar-refractivity contribution >= 4 is 5.91 Å². The van der Waals surface area contributed by atoms with E-state index >= 15 is 0 Å². The highest BCUT2D eigenvalue weighted by Crippen LogP contribution is 2.45. The van der Waals surface area contributed by atoms with Gasteiger partial charge >= 0.3 is 0 Å². The zero-order chi connectivity index (χ0) is 14.3. The summed E-state index contributed by atoms with van der Waals surface area (Å²) in [5.74, 6) is 0.989. The van der Waals surface area contributed by atoms with Gasteiger partial charge in [0, 0.05) is 19.6 Å². The molecule has 0 spiro atoms. The second-order valence-electron chi connectivity index (χ2n) is 6.98. The summed E-state index contributed by atoms with van der Waals surface area (Å²) >= 11 is 0. The molecule has 1 amide bonds. The van der Waals surface area contributed by atoms with Gasteiger partial charge in [0.25, 0.3) is 0 Å². The van der Waals surface area contributed by atoms with Gasteiger partial charge in [0.05, 0.1) is 5.41 Å². The quantitative estimate of drug-likeness (QED) is 0.858. The van der Waals surface area contributed by atoms with E-state index in [1.807, 2.05) is 0 Å². The van der Waals surface area contributed by atoms with Crippen LogP contribution in [0.5, 0.6) is 0 Å². The minimum atomic E-state index is -0.0927. The van der Waals surface area contributed by atoms with Crippen LogP contribution < -0.4 is 5.32 Å². The zero-order valence-electron chi connectivity index (χ0n) is 12.6. The summed E-state index contributed by atoms with van der Waals surface area (Å²) in [6, 6.07) is 8.58. The first-order valence-electron chi connectivity index (χ1n) is 8.36. The van der Waals surface area contributed by atoms with Crippen molar-refractivity contribution in [2.45, 2.75) is 38.6 Å². The minimum Gasteiger partial charge on any atom is -0.337 e. The summed E-state index contributed by atoms with van der Waals surface area (Å²) in [6.45, 7) is 3.64. The van der Waals surface area contributed by atoms with Gasteiger partial charge < -0.3 is 10.2 Å². The van der Waals surface area contributed by atoms with Gasteiger partial charge in [-0.05, 0) is 42.9 Å². The Morgan fingerprint density at radius 1 is 1.24 bits per heavy atom. The molecule has 0 bridgehead atoms. The molecule has 2 aliphatic heterocycles. The van der Waals surface area contributed by atoms with Crippen LogP contribution in [0.3, 0.4) is 0 Å². The normalized spacial score (nSPS) is 31.6. The third-order valence-corrected chi connectivity index (χ3v) is 5.88. The van der Waals surface area contributed by atoms with Crippen LogP contribution in [0.15, 0.2) is 24.3 Å². The number of nitrogens with zero attached hydrogens (tertiary/aromatic N) is 1. The van der Waals surface area contributed by atoms with E-state index < -0.39 is 0 Å². The van der Waals surface area contributed by atoms with E-state index in [-0.39, 0.29) is 5.41 Å². The van der Waals surface area contributed by atoms with Gasteiger partial charge in [0.1, 0.15) is 0 Å². The van der Waals surface area contributed by atoms with Crippen molar-refractivity contribution in [3.8, 4) is 0 Å². The van der Waals surface area contributed by atoms with Crippen LogP contribution in [0.4, 0.5) is 0 Å². The summed E-state index contributed by atoms with van der Waals surface area (Å²) in [7, 11) is 0. The predicted molar refractivity (Wildman–Crippen MR) is 82.8 cm³/mol. The van der Waals surface area contributed by atoms with Gasteiger partial charge in [-0.1, -0.05) is 37.1 Å². The molecule has 1 N–H and O–H groups in total. The molecule has 1 aliphatic carbocycles. The maximum atomic E-state index is 13.3. The first-order valence-corrected chi connectivity index (χ1v) is 8.36. The number of hydrogen-bond donors (Lipinski definition) is 1. The van der Waals surface area contributed by atoms with Crippen LogP contribution in [-0.2, 0) is 17.8 Å². The van der Waals surface area contributed by atoms with Crippen molar-refractivity contribution in [2.75, 3.05) is 19.6 Å². The van der Waals surface area contributed by atoms with E-state index in [9.17, 15) is 4.79 Å². The Bertz CT molecular complexity index is 556. The van der Waals surface area contributed by atoms with Gasteiger partial charge in [0.2, 0.25) is 5.91 Å². The molecule has 2 heterocycles. The Morgan fingerprint density at radius 3 is 3.00 bits per heavy atom. The monoisotopic (exact) mass is 284 g/mol. The van der Waals surface area contributed by atoms with Gasteiger partial charge in [-0.15, -0.1) is 0 Å². The lowest BCUT2D eigenvalue weighted by Gasteiger charge is -2.42. The smallest absolute Gasteiger partial charge is 0.230 e. The van der Waals surface area contributed by atoms with Crippen LogP contribution in [0.2, 0.25) is 0 Å².